The maximum absolute atomic E-state index is 6.12. The van der Waals surface area contributed by atoms with E-state index >= 15 is 0 Å². The Morgan fingerprint density at radius 1 is 0.724 bits per heavy atom. The molecule has 0 unspecified atom stereocenters. The second-order valence-corrected chi connectivity index (χ2v) is 8.62. The number of fused-ring (bicyclic) bond motifs is 3. The van der Waals surface area contributed by atoms with E-state index in [1.165, 1.54) is 16.2 Å². The largest absolute Gasteiger partial charge is 0.498 e. The smallest absolute Gasteiger partial charge is 0.399 e. The Bertz CT molecular complexity index is 1200. The van der Waals surface area contributed by atoms with Gasteiger partial charge in [0, 0.05) is 23.4 Å². The summed E-state index contributed by atoms with van der Waals surface area (Å²) >= 11 is 0. The van der Waals surface area contributed by atoms with Crippen LogP contribution in [0.4, 0.5) is 0 Å². The highest BCUT2D eigenvalue weighted by atomic mass is 16.7. The van der Waals surface area contributed by atoms with E-state index in [-0.39, 0.29) is 11.2 Å². The van der Waals surface area contributed by atoms with Crippen molar-refractivity contribution in [2.24, 2.45) is 0 Å². The summed E-state index contributed by atoms with van der Waals surface area (Å²) in [7, 11) is -0.456. The summed E-state index contributed by atoms with van der Waals surface area (Å²) in [5, 5.41) is 4.77. The SMILES string of the molecule is CC1(C)OB(c2cnc(-c3cc4ccccc4c4ccccc34)nc2)OC1(C)C. The lowest BCUT2D eigenvalue weighted by molar-refractivity contribution is 0.00578. The number of nitrogens with zero attached hydrogens (tertiary/aromatic N) is 2. The predicted octanol–water partition coefficient (Wildman–Crippen LogP) is 4.75. The number of rotatable bonds is 2. The molecule has 0 spiro atoms. The van der Waals surface area contributed by atoms with Gasteiger partial charge in [-0.05, 0) is 55.3 Å². The average Bonchev–Trinajstić information content (AvgIpc) is 2.95. The lowest BCUT2D eigenvalue weighted by atomic mass is 9.81. The molecular formula is C24H23BN2O2. The van der Waals surface area contributed by atoms with Gasteiger partial charge in [-0.2, -0.15) is 0 Å². The van der Waals surface area contributed by atoms with Crippen LogP contribution >= 0.6 is 0 Å². The molecule has 1 saturated heterocycles. The molecule has 0 bridgehead atoms. The minimum Gasteiger partial charge on any atom is -0.399 e. The van der Waals surface area contributed by atoms with E-state index < -0.39 is 7.12 Å². The minimum atomic E-state index is -0.456. The first-order valence-corrected chi connectivity index (χ1v) is 9.94. The maximum atomic E-state index is 6.12. The number of aromatic nitrogens is 2. The van der Waals surface area contributed by atoms with Crippen LogP contribution in [0.25, 0.3) is 32.9 Å². The third-order valence-electron chi connectivity index (χ3n) is 6.21. The van der Waals surface area contributed by atoms with Gasteiger partial charge in [-0.1, -0.05) is 48.5 Å². The first-order valence-electron chi connectivity index (χ1n) is 9.94. The number of hydrogen-bond acceptors (Lipinski definition) is 4. The zero-order chi connectivity index (χ0) is 20.2. The van der Waals surface area contributed by atoms with Gasteiger partial charge in [0.25, 0.3) is 0 Å². The lowest BCUT2D eigenvalue weighted by Gasteiger charge is -2.32. The third-order valence-corrected chi connectivity index (χ3v) is 6.21. The fraction of sp³-hybridized carbons (Fsp3) is 0.250. The molecule has 0 atom stereocenters. The first kappa shape index (κ1) is 18.3. The molecule has 1 aliphatic rings. The summed E-state index contributed by atoms with van der Waals surface area (Å²) in [6.07, 6.45) is 3.63. The van der Waals surface area contributed by atoms with Crippen LogP contribution in [0.5, 0.6) is 0 Å². The van der Waals surface area contributed by atoms with Gasteiger partial charge in [0.2, 0.25) is 0 Å². The average molecular weight is 382 g/mol. The van der Waals surface area contributed by atoms with E-state index in [2.05, 4.69) is 64.6 Å². The minimum absolute atomic E-state index is 0.384. The van der Waals surface area contributed by atoms with E-state index in [1.807, 2.05) is 40.1 Å². The molecular weight excluding hydrogens is 359 g/mol. The molecule has 1 fully saturated rings. The van der Waals surface area contributed by atoms with Crippen molar-refractivity contribution in [3.05, 3.63) is 67.0 Å². The fourth-order valence-corrected chi connectivity index (χ4v) is 3.82. The van der Waals surface area contributed by atoms with E-state index in [0.29, 0.717) is 5.82 Å². The van der Waals surface area contributed by atoms with Crippen molar-refractivity contribution < 1.29 is 9.31 Å². The van der Waals surface area contributed by atoms with E-state index in [4.69, 9.17) is 9.31 Å². The summed E-state index contributed by atoms with van der Waals surface area (Å²) < 4.78 is 12.2. The Morgan fingerprint density at radius 3 is 1.93 bits per heavy atom. The van der Waals surface area contributed by atoms with Crippen LogP contribution in [0.2, 0.25) is 0 Å². The normalized spacial score (nSPS) is 17.9. The molecule has 144 valence electrons. The molecule has 0 radical (unpaired) electrons. The molecule has 3 aromatic carbocycles. The maximum Gasteiger partial charge on any atom is 0.498 e. The Kier molecular flexibility index (Phi) is 4.02. The molecule has 29 heavy (non-hydrogen) atoms. The standard InChI is InChI=1S/C24H23BN2O2/c1-23(2)24(3,4)29-25(28-23)17-14-26-22(27-15-17)21-13-16-9-5-6-10-18(16)19-11-7-8-12-20(19)21/h5-15H,1-4H3. The molecule has 2 heterocycles. The predicted molar refractivity (Wildman–Crippen MR) is 118 cm³/mol. The van der Waals surface area contributed by atoms with Crippen LogP contribution in [0.1, 0.15) is 27.7 Å². The molecule has 0 N–H and O–H groups in total. The monoisotopic (exact) mass is 382 g/mol. The van der Waals surface area contributed by atoms with Crippen LogP contribution in [-0.2, 0) is 9.31 Å². The molecule has 0 saturated carbocycles. The van der Waals surface area contributed by atoms with E-state index in [9.17, 15) is 0 Å². The van der Waals surface area contributed by atoms with Crippen LogP contribution in [0, 0.1) is 0 Å². The third kappa shape index (κ3) is 2.93. The first-order chi connectivity index (χ1) is 13.9. The lowest BCUT2D eigenvalue weighted by Crippen LogP contribution is -2.41. The summed E-state index contributed by atoms with van der Waals surface area (Å²) in [6, 6.07) is 19.0. The zero-order valence-corrected chi connectivity index (χ0v) is 17.1. The molecule has 4 aromatic rings. The van der Waals surface area contributed by atoms with Gasteiger partial charge in [-0.25, -0.2) is 9.97 Å². The summed E-state index contributed by atoms with van der Waals surface area (Å²) in [4.78, 5) is 9.35. The summed E-state index contributed by atoms with van der Waals surface area (Å²) in [5.41, 5.74) is 1.09. The Balaban J connectivity index is 1.58. The topological polar surface area (TPSA) is 44.2 Å². The van der Waals surface area contributed by atoms with Crippen molar-refractivity contribution in [2.45, 2.75) is 38.9 Å². The van der Waals surface area contributed by atoms with Crippen molar-refractivity contribution in [1.29, 1.82) is 0 Å². The van der Waals surface area contributed by atoms with Gasteiger partial charge in [0.05, 0.1) is 11.2 Å². The molecule has 5 rings (SSSR count). The Morgan fingerprint density at radius 2 is 1.28 bits per heavy atom. The van der Waals surface area contributed by atoms with E-state index in [0.717, 1.165) is 16.4 Å². The van der Waals surface area contributed by atoms with Crippen LogP contribution in [0.15, 0.2) is 67.0 Å². The van der Waals surface area contributed by atoms with Crippen molar-refractivity contribution in [3.63, 3.8) is 0 Å². The van der Waals surface area contributed by atoms with Gasteiger partial charge < -0.3 is 9.31 Å². The highest BCUT2D eigenvalue weighted by Crippen LogP contribution is 2.37. The molecule has 0 aliphatic carbocycles. The van der Waals surface area contributed by atoms with E-state index in [1.54, 1.807) is 0 Å². The number of hydrogen-bond donors (Lipinski definition) is 0. The highest BCUT2D eigenvalue weighted by Gasteiger charge is 2.51. The fourth-order valence-electron chi connectivity index (χ4n) is 3.82. The summed E-state index contributed by atoms with van der Waals surface area (Å²) in [5.74, 6) is 0.701. The van der Waals surface area contributed by atoms with Crippen molar-refractivity contribution in [3.8, 4) is 11.4 Å². The molecule has 0 amide bonds. The highest BCUT2D eigenvalue weighted by molar-refractivity contribution is 6.61. The van der Waals surface area contributed by atoms with Gasteiger partial charge in [-0.3, -0.25) is 0 Å². The van der Waals surface area contributed by atoms with Crippen LogP contribution in [-0.4, -0.2) is 28.3 Å². The van der Waals surface area contributed by atoms with Gasteiger partial charge in [0.15, 0.2) is 5.82 Å². The van der Waals surface area contributed by atoms with Crippen molar-refractivity contribution in [1.82, 2.24) is 9.97 Å². The van der Waals surface area contributed by atoms with Gasteiger partial charge in [0.1, 0.15) is 0 Å². The second kappa shape index (κ2) is 6.38. The van der Waals surface area contributed by atoms with Crippen LogP contribution < -0.4 is 5.46 Å². The zero-order valence-electron chi connectivity index (χ0n) is 17.1. The molecule has 5 heteroatoms. The van der Waals surface area contributed by atoms with Gasteiger partial charge in [-0.15, -0.1) is 0 Å². The molecule has 4 nitrogen and oxygen atoms in total. The quantitative estimate of drug-likeness (QED) is 0.371. The molecule has 1 aromatic heterocycles. The summed E-state index contributed by atoms with van der Waals surface area (Å²) in [6.45, 7) is 8.18. The number of benzene rings is 3. The van der Waals surface area contributed by atoms with Gasteiger partial charge >= 0.3 is 7.12 Å². The molecule has 1 aliphatic heterocycles. The Hall–Kier alpha value is -2.76. The Labute approximate surface area is 171 Å². The van der Waals surface area contributed by atoms with Crippen molar-refractivity contribution in [2.75, 3.05) is 0 Å². The second-order valence-electron chi connectivity index (χ2n) is 8.62. The van der Waals surface area contributed by atoms with Crippen molar-refractivity contribution >= 4 is 34.1 Å². The van der Waals surface area contributed by atoms with Crippen LogP contribution in [0.3, 0.4) is 0 Å².